The molecular weight excluding hydrogens is 298 g/mol. The van der Waals surface area contributed by atoms with Crippen LogP contribution < -0.4 is 5.32 Å². The Morgan fingerprint density at radius 2 is 2.27 bits per heavy atom. The summed E-state index contributed by atoms with van der Waals surface area (Å²) in [4.78, 5) is 27.8. The van der Waals surface area contributed by atoms with Gasteiger partial charge in [0.1, 0.15) is 16.4 Å². The molecule has 0 radical (unpaired) electrons. The molecule has 0 saturated heterocycles. The fraction of sp³-hybridized carbons (Fsp3) is 0.200. The number of aryl methyl sites for hydroxylation is 1. The summed E-state index contributed by atoms with van der Waals surface area (Å²) >= 11 is 1.49. The van der Waals surface area contributed by atoms with Crippen molar-refractivity contribution < 1.29 is 4.79 Å². The molecule has 0 saturated carbocycles. The smallest absolute Gasteiger partial charge is 0.268 e. The summed E-state index contributed by atoms with van der Waals surface area (Å²) in [7, 11) is 0. The zero-order valence-electron chi connectivity index (χ0n) is 12.0. The first-order chi connectivity index (χ1) is 10.8. The van der Waals surface area contributed by atoms with Gasteiger partial charge < -0.3 is 10.3 Å². The van der Waals surface area contributed by atoms with E-state index in [1.165, 1.54) is 11.3 Å². The van der Waals surface area contributed by atoms with Gasteiger partial charge in [0, 0.05) is 23.5 Å². The lowest BCUT2D eigenvalue weighted by molar-refractivity contribution is 0.0946. The Morgan fingerprint density at radius 1 is 1.36 bits per heavy atom. The minimum atomic E-state index is -0.131. The third-order valence-corrected chi connectivity index (χ3v) is 4.05. The van der Waals surface area contributed by atoms with Crippen LogP contribution in [-0.2, 0) is 13.0 Å². The van der Waals surface area contributed by atoms with Gasteiger partial charge in [0.2, 0.25) is 0 Å². The van der Waals surface area contributed by atoms with Crippen molar-refractivity contribution in [2.45, 2.75) is 19.9 Å². The van der Waals surface area contributed by atoms with Gasteiger partial charge >= 0.3 is 0 Å². The Kier molecular flexibility index (Phi) is 4.24. The Balaban J connectivity index is 1.62. The predicted molar refractivity (Wildman–Crippen MR) is 84.5 cm³/mol. The summed E-state index contributed by atoms with van der Waals surface area (Å²) < 4.78 is 0. The van der Waals surface area contributed by atoms with E-state index in [2.05, 4.69) is 25.3 Å². The molecule has 0 spiro atoms. The van der Waals surface area contributed by atoms with Crippen molar-refractivity contribution in [3.05, 3.63) is 53.2 Å². The molecule has 0 unspecified atom stereocenters. The number of carbonyl (C=O) groups is 1. The summed E-state index contributed by atoms with van der Waals surface area (Å²) in [6.45, 7) is 2.42. The summed E-state index contributed by atoms with van der Waals surface area (Å²) in [5.74, 6) is -0.131. The lowest BCUT2D eigenvalue weighted by atomic mass is 10.3. The highest BCUT2D eigenvalue weighted by molar-refractivity contribution is 7.13. The highest BCUT2D eigenvalue weighted by Gasteiger charge is 2.10. The number of rotatable bonds is 5. The third-order valence-electron chi connectivity index (χ3n) is 3.14. The van der Waals surface area contributed by atoms with Gasteiger partial charge in [-0.05, 0) is 18.6 Å². The Labute approximate surface area is 131 Å². The third kappa shape index (κ3) is 3.20. The fourth-order valence-corrected chi connectivity index (χ4v) is 2.74. The second-order valence-corrected chi connectivity index (χ2v) is 5.53. The van der Waals surface area contributed by atoms with Crippen LogP contribution in [0.4, 0.5) is 0 Å². The van der Waals surface area contributed by atoms with Crippen LogP contribution in [0.25, 0.3) is 10.7 Å². The molecule has 0 bridgehead atoms. The molecule has 0 aromatic carbocycles. The second kappa shape index (κ2) is 6.48. The summed E-state index contributed by atoms with van der Waals surface area (Å²) in [6, 6.07) is 3.71. The van der Waals surface area contributed by atoms with Crippen molar-refractivity contribution in [3.8, 4) is 10.7 Å². The van der Waals surface area contributed by atoms with Crippen molar-refractivity contribution in [3.63, 3.8) is 0 Å². The van der Waals surface area contributed by atoms with Crippen molar-refractivity contribution >= 4 is 17.2 Å². The number of hydrogen-bond acceptors (Lipinski definition) is 5. The monoisotopic (exact) mass is 313 g/mol. The largest absolute Gasteiger partial charge is 0.354 e. The fourth-order valence-electron chi connectivity index (χ4n) is 1.96. The zero-order valence-corrected chi connectivity index (χ0v) is 12.9. The van der Waals surface area contributed by atoms with E-state index in [1.807, 2.05) is 18.4 Å². The molecule has 3 aromatic heterocycles. The number of thiazole rings is 1. The van der Waals surface area contributed by atoms with Gasteiger partial charge in [-0.1, -0.05) is 6.92 Å². The standard InChI is InChI=1S/C15H15N5OS/c1-2-10-3-4-12(19-10)14(21)18-7-11-9-22-15(20-11)13-8-16-5-6-17-13/h3-6,8-9,19H,2,7H2,1H3,(H,18,21). The maximum absolute atomic E-state index is 12.0. The van der Waals surface area contributed by atoms with Gasteiger partial charge in [-0.25, -0.2) is 4.98 Å². The number of nitrogens with one attached hydrogen (secondary N) is 2. The van der Waals surface area contributed by atoms with Gasteiger partial charge in [0.05, 0.1) is 18.4 Å². The predicted octanol–water partition coefficient (Wildman–Crippen LogP) is 2.42. The van der Waals surface area contributed by atoms with E-state index >= 15 is 0 Å². The van der Waals surface area contributed by atoms with Gasteiger partial charge in [0.15, 0.2) is 0 Å². The molecule has 3 heterocycles. The number of carbonyl (C=O) groups excluding carboxylic acids is 1. The van der Waals surface area contributed by atoms with E-state index in [-0.39, 0.29) is 5.91 Å². The van der Waals surface area contributed by atoms with Crippen molar-refractivity contribution in [1.82, 2.24) is 25.3 Å². The van der Waals surface area contributed by atoms with E-state index in [0.717, 1.165) is 28.5 Å². The van der Waals surface area contributed by atoms with Gasteiger partial charge in [-0.3, -0.25) is 14.8 Å². The van der Waals surface area contributed by atoms with Gasteiger partial charge in [0.25, 0.3) is 5.91 Å². The molecule has 0 fully saturated rings. The van der Waals surface area contributed by atoms with Gasteiger partial charge in [-0.2, -0.15) is 0 Å². The molecule has 22 heavy (non-hydrogen) atoms. The molecule has 2 N–H and O–H groups in total. The maximum Gasteiger partial charge on any atom is 0.268 e. The SMILES string of the molecule is CCc1ccc(C(=O)NCc2csc(-c3cnccn3)n2)[nH]1. The molecule has 112 valence electrons. The average Bonchev–Trinajstić information content (AvgIpc) is 3.22. The number of hydrogen-bond donors (Lipinski definition) is 2. The Morgan fingerprint density at radius 3 is 3.00 bits per heavy atom. The minimum absolute atomic E-state index is 0.131. The van der Waals surface area contributed by atoms with Crippen molar-refractivity contribution in [2.24, 2.45) is 0 Å². The van der Waals surface area contributed by atoms with Crippen LogP contribution in [0.1, 0.15) is 28.8 Å². The first-order valence-corrected chi connectivity index (χ1v) is 7.81. The normalized spacial score (nSPS) is 10.6. The highest BCUT2D eigenvalue weighted by atomic mass is 32.1. The van der Waals surface area contributed by atoms with Crippen LogP contribution in [-0.4, -0.2) is 25.8 Å². The molecule has 1 amide bonds. The van der Waals surface area contributed by atoms with E-state index < -0.39 is 0 Å². The van der Waals surface area contributed by atoms with E-state index in [1.54, 1.807) is 24.7 Å². The van der Waals surface area contributed by atoms with Crippen LogP contribution in [0, 0.1) is 0 Å². The lowest BCUT2D eigenvalue weighted by Gasteiger charge is -2.01. The molecule has 6 nitrogen and oxygen atoms in total. The Bertz CT molecular complexity index is 765. The number of nitrogens with zero attached hydrogens (tertiary/aromatic N) is 3. The molecule has 0 aliphatic heterocycles. The molecular formula is C15H15N5OS. The van der Waals surface area contributed by atoms with Crippen LogP contribution in [0.15, 0.2) is 36.1 Å². The number of aromatic nitrogens is 4. The average molecular weight is 313 g/mol. The summed E-state index contributed by atoms with van der Waals surface area (Å²) in [5.41, 5.74) is 3.16. The first-order valence-electron chi connectivity index (χ1n) is 6.93. The lowest BCUT2D eigenvalue weighted by Crippen LogP contribution is -2.23. The topological polar surface area (TPSA) is 83.6 Å². The highest BCUT2D eigenvalue weighted by Crippen LogP contribution is 2.20. The Hall–Kier alpha value is -2.54. The maximum atomic E-state index is 12.0. The molecule has 3 rings (SSSR count). The van der Waals surface area contributed by atoms with E-state index in [9.17, 15) is 4.79 Å². The number of aromatic amines is 1. The first kappa shape index (κ1) is 14.4. The van der Waals surface area contributed by atoms with E-state index in [4.69, 9.17) is 0 Å². The van der Waals surface area contributed by atoms with E-state index in [0.29, 0.717) is 12.2 Å². The molecule has 0 aliphatic carbocycles. The van der Waals surface area contributed by atoms with Crippen LogP contribution >= 0.6 is 11.3 Å². The molecule has 0 aliphatic rings. The van der Waals surface area contributed by atoms with Crippen LogP contribution in [0.2, 0.25) is 0 Å². The van der Waals surface area contributed by atoms with Crippen molar-refractivity contribution in [1.29, 1.82) is 0 Å². The second-order valence-electron chi connectivity index (χ2n) is 4.67. The molecule has 7 heteroatoms. The van der Waals surface area contributed by atoms with Crippen molar-refractivity contribution in [2.75, 3.05) is 0 Å². The molecule has 0 atom stereocenters. The quantitative estimate of drug-likeness (QED) is 0.757. The number of amides is 1. The summed E-state index contributed by atoms with van der Waals surface area (Å²) in [6.07, 6.45) is 5.81. The van der Waals surface area contributed by atoms with Crippen LogP contribution in [0.3, 0.4) is 0 Å². The minimum Gasteiger partial charge on any atom is -0.354 e. The number of H-pyrrole nitrogens is 1. The zero-order chi connectivity index (χ0) is 15.4. The molecule has 3 aromatic rings. The van der Waals surface area contributed by atoms with Gasteiger partial charge in [-0.15, -0.1) is 11.3 Å². The summed E-state index contributed by atoms with van der Waals surface area (Å²) in [5, 5.41) is 5.57. The van der Waals surface area contributed by atoms with Crippen LogP contribution in [0.5, 0.6) is 0 Å².